The van der Waals surface area contributed by atoms with E-state index in [1.807, 2.05) is 0 Å². The van der Waals surface area contributed by atoms with Gasteiger partial charge in [-0.2, -0.15) is 35.1 Å². The van der Waals surface area contributed by atoms with Crippen molar-refractivity contribution in [1.82, 2.24) is 0 Å². The molecule has 29 heavy (non-hydrogen) atoms. The van der Waals surface area contributed by atoms with E-state index in [1.165, 1.54) is 0 Å². The topological polar surface area (TPSA) is 0 Å². The summed E-state index contributed by atoms with van der Waals surface area (Å²) in [6.45, 7) is 1.85. The third-order valence-electron chi connectivity index (χ3n) is 4.14. The van der Waals surface area contributed by atoms with Crippen molar-refractivity contribution in [2.75, 3.05) is 0 Å². The molecular formula is C18H10F11. The molecule has 0 spiro atoms. The van der Waals surface area contributed by atoms with Crippen molar-refractivity contribution in [3.8, 4) is 11.1 Å². The van der Waals surface area contributed by atoms with E-state index in [9.17, 15) is 43.9 Å². The second kappa shape index (κ2) is 6.88. The van der Waals surface area contributed by atoms with Crippen molar-refractivity contribution in [2.45, 2.75) is 37.8 Å². The van der Waals surface area contributed by atoms with Gasteiger partial charge in [-0.3, -0.25) is 0 Å². The molecule has 0 N–H and O–H groups in total. The molecule has 2 aromatic carbocycles. The third kappa shape index (κ3) is 3.55. The van der Waals surface area contributed by atoms with Crippen LogP contribution in [0.15, 0.2) is 24.3 Å². The molecule has 0 aliphatic heterocycles. The van der Waals surface area contributed by atoms with Crippen molar-refractivity contribution in [2.24, 2.45) is 0 Å². The smallest absolute Gasteiger partial charge is 0.221 e. The minimum Gasteiger partial charge on any atom is -0.221 e. The van der Waals surface area contributed by atoms with Gasteiger partial charge >= 0.3 is 23.9 Å². The zero-order valence-electron chi connectivity index (χ0n) is 14.5. The van der Waals surface area contributed by atoms with Gasteiger partial charge in [-0.25, -0.2) is 13.2 Å². The van der Waals surface area contributed by atoms with Gasteiger partial charge in [0.15, 0.2) is 0 Å². The van der Waals surface area contributed by atoms with Crippen LogP contribution >= 0.6 is 0 Å². The normalized spacial score (nSPS) is 15.3. The lowest BCUT2D eigenvalue weighted by Gasteiger charge is -2.37. The fourth-order valence-corrected chi connectivity index (χ4v) is 2.89. The monoisotopic (exact) mass is 435 g/mol. The molecule has 0 aliphatic rings. The highest BCUT2D eigenvalue weighted by Crippen LogP contribution is 2.60. The van der Waals surface area contributed by atoms with Crippen LogP contribution in [0.1, 0.15) is 16.7 Å². The summed E-state index contributed by atoms with van der Waals surface area (Å²) in [6.07, 6.45) is -13.7. The summed E-state index contributed by atoms with van der Waals surface area (Å²) in [5.41, 5.74) is -12.0. The molecule has 0 bridgehead atoms. The third-order valence-corrected chi connectivity index (χ3v) is 4.14. The van der Waals surface area contributed by atoms with Gasteiger partial charge in [0.2, 0.25) is 0 Å². The Morgan fingerprint density at radius 3 is 1.79 bits per heavy atom. The van der Waals surface area contributed by atoms with E-state index in [0.29, 0.717) is 12.1 Å². The van der Waals surface area contributed by atoms with Crippen LogP contribution in [0.4, 0.5) is 48.3 Å². The van der Waals surface area contributed by atoms with Crippen LogP contribution in [0.25, 0.3) is 11.1 Å². The van der Waals surface area contributed by atoms with Gasteiger partial charge in [0.25, 0.3) is 0 Å². The van der Waals surface area contributed by atoms with Gasteiger partial charge in [0.05, 0.1) is 0 Å². The predicted octanol–water partition coefficient (Wildman–Crippen LogP) is 6.97. The Balaban J connectivity index is 3.07. The quantitative estimate of drug-likeness (QED) is 0.457. The molecule has 0 nitrogen and oxygen atoms in total. The zero-order chi connectivity index (χ0) is 22.6. The zero-order valence-corrected chi connectivity index (χ0v) is 14.5. The molecule has 0 amide bonds. The number of aryl methyl sites for hydroxylation is 2. The Hall–Kier alpha value is -2.33. The van der Waals surface area contributed by atoms with E-state index in [4.69, 9.17) is 0 Å². The summed E-state index contributed by atoms with van der Waals surface area (Å²) in [7, 11) is 0. The molecule has 0 fully saturated rings. The molecule has 1 unspecified atom stereocenters. The maximum Gasteiger partial charge on any atom is 0.457 e. The highest BCUT2D eigenvalue weighted by atomic mass is 19.4. The van der Waals surface area contributed by atoms with Gasteiger partial charge in [0, 0.05) is 11.1 Å². The second-order valence-corrected chi connectivity index (χ2v) is 6.22. The van der Waals surface area contributed by atoms with Gasteiger partial charge in [0.1, 0.15) is 11.6 Å². The molecule has 2 aromatic rings. The Kier molecular flexibility index (Phi) is 5.44. The van der Waals surface area contributed by atoms with Crippen LogP contribution in [-0.4, -0.2) is 18.3 Å². The van der Waals surface area contributed by atoms with Crippen molar-refractivity contribution in [3.63, 3.8) is 0 Å². The number of benzene rings is 2. The first-order valence-corrected chi connectivity index (χ1v) is 7.64. The van der Waals surface area contributed by atoms with Crippen molar-refractivity contribution in [1.29, 1.82) is 0 Å². The van der Waals surface area contributed by atoms with Crippen LogP contribution < -0.4 is 0 Å². The van der Waals surface area contributed by atoms with Crippen molar-refractivity contribution in [3.05, 3.63) is 58.7 Å². The van der Waals surface area contributed by atoms with Crippen LogP contribution in [0.2, 0.25) is 0 Å². The SMILES string of the molecule is Cc1[c]c(C)c(-c2cc(F)ccc2F)c(C(F)(C(F)(F)F)C(F)(F)C(F)(F)F)c1. The van der Waals surface area contributed by atoms with E-state index in [-0.39, 0.29) is 12.1 Å². The maximum absolute atomic E-state index is 15.0. The molecule has 2 rings (SSSR count). The van der Waals surface area contributed by atoms with E-state index in [0.717, 1.165) is 13.8 Å². The molecule has 0 saturated carbocycles. The minimum absolute atomic E-state index is 0.0554. The molecule has 1 radical (unpaired) electrons. The predicted molar refractivity (Wildman–Crippen MR) is 79.9 cm³/mol. The number of rotatable bonds is 3. The average molecular weight is 435 g/mol. The van der Waals surface area contributed by atoms with Crippen LogP contribution in [-0.2, 0) is 5.67 Å². The Morgan fingerprint density at radius 2 is 1.31 bits per heavy atom. The lowest BCUT2D eigenvalue weighted by atomic mass is 9.80. The number of halogens is 11. The first-order valence-electron chi connectivity index (χ1n) is 7.64. The maximum atomic E-state index is 15.0. The summed E-state index contributed by atoms with van der Waals surface area (Å²) in [5, 5.41) is 0. The summed E-state index contributed by atoms with van der Waals surface area (Å²) in [6, 6.07) is 3.54. The van der Waals surface area contributed by atoms with Crippen LogP contribution in [0, 0.1) is 31.5 Å². The van der Waals surface area contributed by atoms with Crippen LogP contribution in [0.3, 0.4) is 0 Å². The summed E-state index contributed by atoms with van der Waals surface area (Å²) in [5.74, 6) is -9.66. The first kappa shape index (κ1) is 23.0. The van der Waals surface area contributed by atoms with Gasteiger partial charge in [-0.1, -0.05) is 6.07 Å². The van der Waals surface area contributed by atoms with E-state index in [1.54, 1.807) is 0 Å². The molecule has 0 saturated heterocycles. The van der Waals surface area contributed by atoms with Gasteiger partial charge in [-0.05, 0) is 54.8 Å². The van der Waals surface area contributed by atoms with Gasteiger partial charge < -0.3 is 0 Å². The Bertz CT molecular complexity index is 925. The molecule has 0 heterocycles. The Labute approximate surface area is 156 Å². The summed E-state index contributed by atoms with van der Waals surface area (Å²) < 4.78 is 149. The fourth-order valence-electron chi connectivity index (χ4n) is 2.89. The van der Waals surface area contributed by atoms with Crippen LogP contribution in [0.5, 0.6) is 0 Å². The molecule has 11 heteroatoms. The standard InChI is InChI=1S/C18H10F11/c1-8-5-9(2)14(11-7-10(19)3-4-13(11)20)12(6-8)15(21,17(24,25)26)16(22,23)18(27,28)29/h3-4,6-7H,1-2H3. The van der Waals surface area contributed by atoms with E-state index >= 15 is 4.39 Å². The lowest BCUT2D eigenvalue weighted by molar-refractivity contribution is -0.389. The largest absolute Gasteiger partial charge is 0.457 e. The van der Waals surface area contributed by atoms with Crippen molar-refractivity contribution < 1.29 is 48.3 Å². The van der Waals surface area contributed by atoms with E-state index in [2.05, 4.69) is 6.07 Å². The number of alkyl halides is 9. The Morgan fingerprint density at radius 1 is 0.759 bits per heavy atom. The molecule has 0 aromatic heterocycles. The molecule has 1 atom stereocenters. The van der Waals surface area contributed by atoms with Gasteiger partial charge in [-0.15, -0.1) is 0 Å². The highest BCUT2D eigenvalue weighted by Gasteiger charge is 2.82. The average Bonchev–Trinajstić information content (AvgIpc) is 2.53. The number of hydrogen-bond acceptors (Lipinski definition) is 0. The van der Waals surface area contributed by atoms with Crippen molar-refractivity contribution >= 4 is 0 Å². The first-order chi connectivity index (χ1) is 12.9. The highest BCUT2D eigenvalue weighted by molar-refractivity contribution is 5.73. The fraction of sp³-hybridized carbons (Fsp3) is 0.333. The lowest BCUT2D eigenvalue weighted by Crippen LogP contribution is -2.60. The number of hydrogen-bond donors (Lipinski definition) is 0. The second-order valence-electron chi connectivity index (χ2n) is 6.22. The summed E-state index contributed by atoms with van der Waals surface area (Å²) in [4.78, 5) is 0. The molecular weight excluding hydrogens is 425 g/mol. The molecule has 159 valence electrons. The minimum atomic E-state index is -6.95. The summed E-state index contributed by atoms with van der Waals surface area (Å²) >= 11 is 0. The van der Waals surface area contributed by atoms with E-state index < -0.39 is 63.4 Å². The molecule has 0 aliphatic carbocycles.